The first kappa shape index (κ1) is 15.9. The number of non-ortho nitro benzene ring substituents is 1. The van der Waals surface area contributed by atoms with Crippen molar-refractivity contribution in [2.24, 2.45) is 0 Å². The molecule has 116 valence electrons. The molecule has 0 aromatic heterocycles. The molecule has 0 radical (unpaired) electrons. The van der Waals surface area contributed by atoms with Crippen LogP contribution in [0.15, 0.2) is 18.2 Å². The van der Waals surface area contributed by atoms with Crippen LogP contribution in [0.3, 0.4) is 0 Å². The molecule has 6 heteroatoms. The first-order valence-electron chi connectivity index (χ1n) is 7.46. The Morgan fingerprint density at radius 3 is 2.76 bits per heavy atom. The molecular weight excluding hydrogens is 286 g/mol. The number of nitrogens with one attached hydrogen (secondary N) is 2. The minimum Gasteiger partial charge on any atom is -0.385 e. The number of nitro benzene ring substituents is 1. The van der Waals surface area contributed by atoms with Crippen LogP contribution in [0.4, 0.5) is 17.1 Å². The second-order valence-corrected chi connectivity index (χ2v) is 6.49. The van der Waals surface area contributed by atoms with Crippen molar-refractivity contribution in [3.8, 4) is 0 Å². The summed E-state index contributed by atoms with van der Waals surface area (Å²) < 4.78 is 0. The Kier molecular flexibility index (Phi) is 5.73. The fourth-order valence-corrected chi connectivity index (χ4v) is 3.69. The normalized spacial score (nSPS) is 21.2. The highest BCUT2D eigenvalue weighted by atomic mass is 32.2. The maximum absolute atomic E-state index is 11.1. The van der Waals surface area contributed by atoms with Gasteiger partial charge in [-0.05, 0) is 31.6 Å². The summed E-state index contributed by atoms with van der Waals surface area (Å²) in [5, 5.41) is 18.4. The first-order chi connectivity index (χ1) is 10.1. The second-order valence-electron chi connectivity index (χ2n) is 5.41. The van der Waals surface area contributed by atoms with Gasteiger partial charge in [-0.25, -0.2) is 0 Å². The van der Waals surface area contributed by atoms with Gasteiger partial charge in [0.1, 0.15) is 0 Å². The molecule has 2 atom stereocenters. The van der Waals surface area contributed by atoms with Crippen LogP contribution < -0.4 is 10.6 Å². The number of thioether (sulfide) groups is 1. The zero-order valence-electron chi connectivity index (χ0n) is 12.6. The highest BCUT2D eigenvalue weighted by Crippen LogP contribution is 2.32. The lowest BCUT2D eigenvalue weighted by molar-refractivity contribution is -0.384. The van der Waals surface area contributed by atoms with E-state index in [0.717, 1.165) is 30.8 Å². The van der Waals surface area contributed by atoms with Gasteiger partial charge >= 0.3 is 0 Å². The number of nitrogens with zero attached hydrogens (tertiary/aromatic N) is 1. The molecule has 0 bridgehead atoms. The van der Waals surface area contributed by atoms with Crippen molar-refractivity contribution in [3.63, 3.8) is 0 Å². The van der Waals surface area contributed by atoms with E-state index in [1.165, 1.54) is 12.8 Å². The summed E-state index contributed by atoms with van der Waals surface area (Å²) in [6.07, 6.45) is 6.69. The van der Waals surface area contributed by atoms with Crippen molar-refractivity contribution in [3.05, 3.63) is 28.3 Å². The predicted molar refractivity (Wildman–Crippen MR) is 90.4 cm³/mol. The van der Waals surface area contributed by atoms with E-state index in [4.69, 9.17) is 0 Å². The fourth-order valence-electron chi connectivity index (χ4n) is 2.76. The van der Waals surface area contributed by atoms with E-state index in [1.54, 1.807) is 12.1 Å². The van der Waals surface area contributed by atoms with Gasteiger partial charge in [0.25, 0.3) is 5.69 Å². The van der Waals surface area contributed by atoms with E-state index in [9.17, 15) is 10.1 Å². The highest BCUT2D eigenvalue weighted by Gasteiger charge is 2.26. The van der Waals surface area contributed by atoms with Gasteiger partial charge in [-0.3, -0.25) is 10.1 Å². The summed E-state index contributed by atoms with van der Waals surface area (Å²) in [5.74, 6) is 0. The van der Waals surface area contributed by atoms with Crippen LogP contribution in [0.1, 0.15) is 32.6 Å². The van der Waals surface area contributed by atoms with Crippen molar-refractivity contribution in [2.45, 2.75) is 43.9 Å². The molecule has 2 N–H and O–H groups in total. The van der Waals surface area contributed by atoms with Crippen LogP contribution in [0, 0.1) is 10.1 Å². The molecule has 5 nitrogen and oxygen atoms in total. The van der Waals surface area contributed by atoms with Gasteiger partial charge in [0, 0.05) is 41.3 Å². The molecule has 1 fully saturated rings. The Labute approximate surface area is 130 Å². The van der Waals surface area contributed by atoms with Crippen molar-refractivity contribution in [1.82, 2.24) is 0 Å². The van der Waals surface area contributed by atoms with E-state index < -0.39 is 0 Å². The van der Waals surface area contributed by atoms with Crippen molar-refractivity contribution < 1.29 is 4.92 Å². The Hall–Kier alpha value is -1.43. The molecule has 21 heavy (non-hydrogen) atoms. The molecule has 1 aliphatic rings. The van der Waals surface area contributed by atoms with E-state index in [0.29, 0.717) is 11.3 Å². The standard InChI is InChI=1S/C15H23N3O2S/c1-3-7-16-11-8-12(10-13(9-11)18(19)20)17-14-5-4-6-15(14)21-2/h8-10,14-17H,3-7H2,1-2H3. The van der Waals surface area contributed by atoms with Gasteiger partial charge in [-0.15, -0.1) is 0 Å². The summed E-state index contributed by atoms with van der Waals surface area (Å²) >= 11 is 1.88. The van der Waals surface area contributed by atoms with Crippen LogP contribution in [0.5, 0.6) is 0 Å². The van der Waals surface area contributed by atoms with Gasteiger partial charge in [0.15, 0.2) is 0 Å². The van der Waals surface area contributed by atoms with Gasteiger partial charge in [-0.2, -0.15) is 11.8 Å². The molecule has 1 saturated carbocycles. The molecular formula is C15H23N3O2S. The number of benzene rings is 1. The summed E-state index contributed by atoms with van der Waals surface area (Å²) in [4.78, 5) is 10.8. The number of rotatable bonds is 7. The molecule has 1 aliphatic carbocycles. The number of hydrogen-bond acceptors (Lipinski definition) is 5. The molecule has 0 amide bonds. The minimum atomic E-state index is -0.330. The molecule has 2 unspecified atom stereocenters. The summed E-state index contributed by atoms with van der Waals surface area (Å²) in [6.45, 7) is 2.89. The zero-order valence-corrected chi connectivity index (χ0v) is 13.4. The van der Waals surface area contributed by atoms with Crippen LogP contribution in [-0.2, 0) is 0 Å². The Balaban J connectivity index is 2.16. The summed E-state index contributed by atoms with van der Waals surface area (Å²) in [6, 6.07) is 5.60. The van der Waals surface area contributed by atoms with Gasteiger partial charge < -0.3 is 10.6 Å². The Morgan fingerprint density at radius 1 is 1.33 bits per heavy atom. The summed E-state index contributed by atoms with van der Waals surface area (Å²) in [5.41, 5.74) is 1.79. The van der Waals surface area contributed by atoms with Crippen molar-refractivity contribution in [2.75, 3.05) is 23.4 Å². The highest BCUT2D eigenvalue weighted by molar-refractivity contribution is 7.99. The largest absolute Gasteiger partial charge is 0.385 e. The molecule has 1 aromatic rings. The van der Waals surface area contributed by atoms with Crippen LogP contribution in [0.25, 0.3) is 0 Å². The Bertz CT molecular complexity index is 496. The minimum absolute atomic E-state index is 0.136. The third-order valence-electron chi connectivity index (χ3n) is 3.82. The van der Waals surface area contributed by atoms with Gasteiger partial charge in [0.05, 0.1) is 4.92 Å². The van der Waals surface area contributed by atoms with E-state index in [-0.39, 0.29) is 10.6 Å². The van der Waals surface area contributed by atoms with Crippen molar-refractivity contribution >= 4 is 28.8 Å². The average molecular weight is 309 g/mol. The average Bonchev–Trinajstić information content (AvgIpc) is 2.92. The van der Waals surface area contributed by atoms with Crippen LogP contribution in [-0.4, -0.2) is 29.0 Å². The molecule has 0 saturated heterocycles. The molecule has 2 rings (SSSR count). The monoisotopic (exact) mass is 309 g/mol. The quantitative estimate of drug-likeness (QED) is 0.586. The maximum atomic E-state index is 11.1. The summed E-state index contributed by atoms with van der Waals surface area (Å²) in [7, 11) is 0. The first-order valence-corrected chi connectivity index (χ1v) is 8.75. The molecule has 0 heterocycles. The van der Waals surface area contributed by atoms with Crippen molar-refractivity contribution in [1.29, 1.82) is 0 Å². The number of anilines is 2. The Morgan fingerprint density at radius 2 is 2.10 bits per heavy atom. The lowest BCUT2D eigenvalue weighted by Crippen LogP contribution is -2.25. The maximum Gasteiger partial charge on any atom is 0.273 e. The lowest BCUT2D eigenvalue weighted by atomic mass is 10.2. The fraction of sp³-hybridized carbons (Fsp3) is 0.600. The molecule has 0 aliphatic heterocycles. The van der Waals surface area contributed by atoms with E-state index >= 15 is 0 Å². The van der Waals surface area contributed by atoms with Gasteiger partial charge in [-0.1, -0.05) is 13.3 Å². The number of hydrogen-bond donors (Lipinski definition) is 2. The molecule has 1 aromatic carbocycles. The van der Waals surface area contributed by atoms with E-state index in [2.05, 4.69) is 23.8 Å². The van der Waals surface area contributed by atoms with Crippen LogP contribution >= 0.6 is 11.8 Å². The smallest absolute Gasteiger partial charge is 0.273 e. The van der Waals surface area contributed by atoms with E-state index in [1.807, 2.05) is 17.8 Å². The zero-order chi connectivity index (χ0) is 15.2. The predicted octanol–water partition coefficient (Wildman–Crippen LogP) is 4.11. The lowest BCUT2D eigenvalue weighted by Gasteiger charge is -2.21. The molecule has 0 spiro atoms. The third-order valence-corrected chi connectivity index (χ3v) is 4.98. The third kappa shape index (κ3) is 4.27. The van der Waals surface area contributed by atoms with Gasteiger partial charge in [0.2, 0.25) is 0 Å². The second kappa shape index (κ2) is 7.54. The van der Waals surface area contributed by atoms with Crippen LogP contribution in [0.2, 0.25) is 0 Å². The number of nitro groups is 1. The SMILES string of the molecule is CCCNc1cc(NC2CCCC2SC)cc([N+](=O)[O-])c1. The topological polar surface area (TPSA) is 67.2 Å².